The van der Waals surface area contributed by atoms with E-state index in [1.54, 1.807) is 11.3 Å². The lowest BCUT2D eigenvalue weighted by molar-refractivity contribution is 0.581. The molecule has 1 atom stereocenters. The number of hydrogen-bond donors (Lipinski definition) is 1. The molecule has 0 fully saturated rings. The molecule has 0 radical (unpaired) electrons. The van der Waals surface area contributed by atoms with Crippen LogP contribution in [0.1, 0.15) is 17.3 Å². The smallest absolute Gasteiger partial charge is 0.0915 e. The topological polar surface area (TPSA) is 37.8 Å². The van der Waals surface area contributed by atoms with E-state index in [0.717, 1.165) is 12.1 Å². The van der Waals surface area contributed by atoms with Crippen LogP contribution in [0.25, 0.3) is 0 Å². The first-order valence-corrected chi connectivity index (χ1v) is 6.03. The van der Waals surface area contributed by atoms with E-state index in [4.69, 9.17) is 0 Å². The molecule has 1 N–H and O–H groups in total. The van der Waals surface area contributed by atoms with Gasteiger partial charge in [0.05, 0.1) is 29.7 Å². The molecule has 0 saturated heterocycles. The van der Waals surface area contributed by atoms with Crippen LogP contribution in [-0.4, -0.2) is 15.8 Å². The Kier molecular flexibility index (Phi) is 3.23. The lowest BCUT2D eigenvalue weighted by Gasteiger charge is -2.11. The molecule has 74 valence electrons. The second-order valence-corrected chi connectivity index (χ2v) is 4.35. The van der Waals surface area contributed by atoms with Crippen LogP contribution in [0.15, 0.2) is 23.0 Å². The van der Waals surface area contributed by atoms with Gasteiger partial charge in [-0.3, -0.25) is 0 Å². The lowest BCUT2D eigenvalue weighted by atomic mass is 10.1. The van der Waals surface area contributed by atoms with Crippen LogP contribution < -0.4 is 5.32 Å². The zero-order valence-corrected chi connectivity index (χ0v) is 9.44. The molecular formula is C9H11N3S2. The van der Waals surface area contributed by atoms with E-state index in [1.807, 2.05) is 13.2 Å². The molecule has 3 nitrogen and oxygen atoms in total. The normalized spacial score (nSPS) is 12.9. The van der Waals surface area contributed by atoms with Crippen molar-refractivity contribution in [2.45, 2.75) is 12.5 Å². The predicted molar refractivity (Wildman–Crippen MR) is 59.7 cm³/mol. The summed E-state index contributed by atoms with van der Waals surface area (Å²) in [4.78, 5) is 0. The molecule has 0 amide bonds. The van der Waals surface area contributed by atoms with Gasteiger partial charge in [0.15, 0.2) is 0 Å². The van der Waals surface area contributed by atoms with Crippen LogP contribution in [0.5, 0.6) is 0 Å². The molecule has 14 heavy (non-hydrogen) atoms. The monoisotopic (exact) mass is 225 g/mol. The molecule has 2 aromatic rings. The molecule has 0 saturated carbocycles. The van der Waals surface area contributed by atoms with Crippen molar-refractivity contribution >= 4 is 23.1 Å². The highest BCUT2D eigenvalue weighted by atomic mass is 32.1. The summed E-state index contributed by atoms with van der Waals surface area (Å²) < 4.78 is 8.25. The molecule has 1 unspecified atom stereocenters. The minimum Gasteiger partial charge on any atom is -0.311 e. The third-order valence-electron chi connectivity index (χ3n) is 2.10. The Hall–Kier alpha value is -0.780. The van der Waals surface area contributed by atoms with Crippen molar-refractivity contribution in [3.05, 3.63) is 34.3 Å². The SMILES string of the molecule is CNC(Cc1ccsc1)c1cnsn1. The van der Waals surface area contributed by atoms with Gasteiger partial charge in [0.2, 0.25) is 0 Å². The molecule has 0 aliphatic heterocycles. The van der Waals surface area contributed by atoms with Gasteiger partial charge in [-0.15, -0.1) is 0 Å². The molecule has 0 aromatic carbocycles. The predicted octanol–water partition coefficient (Wildman–Crippen LogP) is 2.10. The van der Waals surface area contributed by atoms with Crippen LogP contribution in [0.4, 0.5) is 0 Å². The standard InChI is InChI=1S/C9H11N3S2/c1-10-8(9-5-11-14-12-9)4-7-2-3-13-6-7/h2-3,5-6,8,10H,4H2,1H3. The summed E-state index contributed by atoms with van der Waals surface area (Å²) in [5.74, 6) is 0. The third-order valence-corrected chi connectivity index (χ3v) is 3.33. The first kappa shape index (κ1) is 9.76. The molecule has 0 spiro atoms. The molecule has 0 aliphatic rings. The Labute approximate surface area is 91.1 Å². The molecule has 2 rings (SSSR count). The maximum Gasteiger partial charge on any atom is 0.0915 e. The Bertz CT molecular complexity index is 355. The van der Waals surface area contributed by atoms with Crippen molar-refractivity contribution in [1.82, 2.24) is 14.1 Å². The Morgan fingerprint density at radius 2 is 2.50 bits per heavy atom. The van der Waals surface area contributed by atoms with Gasteiger partial charge in [-0.05, 0) is 35.9 Å². The zero-order chi connectivity index (χ0) is 9.80. The summed E-state index contributed by atoms with van der Waals surface area (Å²) >= 11 is 2.99. The summed E-state index contributed by atoms with van der Waals surface area (Å²) in [5, 5.41) is 7.52. The van der Waals surface area contributed by atoms with Crippen molar-refractivity contribution in [1.29, 1.82) is 0 Å². The average Bonchev–Trinajstić information content (AvgIpc) is 2.86. The van der Waals surface area contributed by atoms with Crippen molar-refractivity contribution in [2.24, 2.45) is 0 Å². The second-order valence-electron chi connectivity index (χ2n) is 3.01. The summed E-state index contributed by atoms with van der Waals surface area (Å²) in [6, 6.07) is 2.43. The minimum atomic E-state index is 0.281. The number of nitrogens with zero attached hydrogens (tertiary/aromatic N) is 2. The average molecular weight is 225 g/mol. The Balaban J connectivity index is 2.08. The highest BCUT2D eigenvalue weighted by Gasteiger charge is 2.12. The molecule has 2 aromatic heterocycles. The van der Waals surface area contributed by atoms with E-state index in [0.29, 0.717) is 0 Å². The van der Waals surface area contributed by atoms with Gasteiger partial charge in [-0.1, -0.05) is 0 Å². The Morgan fingerprint density at radius 1 is 1.57 bits per heavy atom. The summed E-state index contributed by atoms with van der Waals surface area (Å²) in [5.41, 5.74) is 2.38. The van der Waals surface area contributed by atoms with Crippen molar-refractivity contribution < 1.29 is 0 Å². The number of nitrogens with one attached hydrogen (secondary N) is 1. The fourth-order valence-corrected chi connectivity index (χ4v) is 2.48. The molecular weight excluding hydrogens is 214 g/mol. The fraction of sp³-hybridized carbons (Fsp3) is 0.333. The van der Waals surface area contributed by atoms with Crippen LogP contribution in [0.2, 0.25) is 0 Å². The van der Waals surface area contributed by atoms with Crippen LogP contribution >= 0.6 is 23.1 Å². The van der Waals surface area contributed by atoms with Crippen molar-refractivity contribution in [3.63, 3.8) is 0 Å². The minimum absolute atomic E-state index is 0.281. The van der Waals surface area contributed by atoms with Crippen molar-refractivity contribution in [3.8, 4) is 0 Å². The zero-order valence-electron chi connectivity index (χ0n) is 7.80. The first-order chi connectivity index (χ1) is 6.90. The van der Waals surface area contributed by atoms with Gasteiger partial charge < -0.3 is 5.32 Å². The van der Waals surface area contributed by atoms with E-state index >= 15 is 0 Å². The third kappa shape index (κ3) is 2.17. The molecule has 0 bridgehead atoms. The second kappa shape index (κ2) is 4.63. The summed E-state index contributed by atoms with van der Waals surface area (Å²) in [6.45, 7) is 0. The van der Waals surface area contributed by atoms with E-state index in [9.17, 15) is 0 Å². The van der Waals surface area contributed by atoms with Crippen molar-refractivity contribution in [2.75, 3.05) is 7.05 Å². The number of thiophene rings is 1. The lowest BCUT2D eigenvalue weighted by Crippen LogP contribution is -2.18. The van der Waals surface area contributed by atoms with Crippen LogP contribution in [0.3, 0.4) is 0 Å². The quantitative estimate of drug-likeness (QED) is 0.866. The van der Waals surface area contributed by atoms with Gasteiger partial charge in [0.1, 0.15) is 0 Å². The van der Waals surface area contributed by atoms with E-state index < -0.39 is 0 Å². The van der Waals surface area contributed by atoms with E-state index in [-0.39, 0.29) is 6.04 Å². The maximum atomic E-state index is 4.24. The van der Waals surface area contributed by atoms with Crippen LogP contribution in [-0.2, 0) is 6.42 Å². The van der Waals surface area contributed by atoms with Gasteiger partial charge in [-0.25, -0.2) is 0 Å². The maximum absolute atomic E-state index is 4.24. The van der Waals surface area contributed by atoms with Crippen LogP contribution in [0, 0.1) is 0 Å². The van der Waals surface area contributed by atoms with Gasteiger partial charge >= 0.3 is 0 Å². The largest absolute Gasteiger partial charge is 0.311 e. The van der Waals surface area contributed by atoms with Gasteiger partial charge in [0, 0.05) is 0 Å². The number of likely N-dealkylation sites (N-methyl/N-ethyl adjacent to an activating group) is 1. The number of rotatable bonds is 4. The first-order valence-electron chi connectivity index (χ1n) is 4.36. The Morgan fingerprint density at radius 3 is 3.07 bits per heavy atom. The highest BCUT2D eigenvalue weighted by molar-refractivity contribution is 7.07. The molecule has 2 heterocycles. The summed E-state index contributed by atoms with van der Waals surface area (Å²) in [6.07, 6.45) is 2.81. The fourth-order valence-electron chi connectivity index (χ4n) is 1.32. The van der Waals surface area contributed by atoms with E-state index in [1.165, 1.54) is 17.3 Å². The number of hydrogen-bond acceptors (Lipinski definition) is 5. The van der Waals surface area contributed by atoms with Gasteiger partial charge in [0.25, 0.3) is 0 Å². The number of aromatic nitrogens is 2. The molecule has 0 aliphatic carbocycles. The molecule has 5 heteroatoms. The van der Waals surface area contributed by atoms with E-state index in [2.05, 4.69) is 30.9 Å². The summed E-state index contributed by atoms with van der Waals surface area (Å²) in [7, 11) is 1.95. The van der Waals surface area contributed by atoms with Gasteiger partial charge in [-0.2, -0.15) is 20.1 Å². The highest BCUT2D eigenvalue weighted by Crippen LogP contribution is 2.17.